The van der Waals surface area contributed by atoms with Gasteiger partial charge < -0.3 is 29.8 Å². The number of phenols is 1. The van der Waals surface area contributed by atoms with Gasteiger partial charge in [0.15, 0.2) is 5.71 Å². The number of allylic oxidation sites excluding steroid dienone is 8. The number of aliphatic carboxylic acids is 2. The second-order valence-corrected chi connectivity index (χ2v) is 19.1. The molecule has 6 N–H and O–H groups in total. The zero-order valence-corrected chi connectivity index (χ0v) is 36.2. The molecule has 334 valence electrons. The standard InChI is InChI=1S/C38H46N2O14S3.2CH2O/c1-26(10-8-12-33-37(2,24-35(42)43)29-22-27(41)14-16-31(29)39(33)18-4-6-20-55(46,47)48)11-9-13-34-38(3,25-36(44)45)30-23-28(57(52,53)54)15-17-32(30)40(34)19-5-7-21-56(49,50)51;2*1-2/h8-17,22-23H,4-7,18-21,24-25H2,1-3H3,(H5-,41,42,43,44,45,46,47,48,49,50,51,52,53,54);2*1H2/p+1. The molecule has 0 radical (unpaired) electrons. The molecule has 18 nitrogen and oxygen atoms in total. The van der Waals surface area contributed by atoms with Gasteiger partial charge in [0.05, 0.1) is 34.7 Å². The number of aromatic hydroxyl groups is 1. The number of unbranched alkanes of at least 4 members (excludes halogenated alkanes) is 2. The molecule has 0 aliphatic carbocycles. The number of benzene rings is 2. The summed E-state index contributed by atoms with van der Waals surface area (Å²) < 4.78 is 99.5. The molecule has 2 aliphatic rings. The van der Waals surface area contributed by atoms with Crippen LogP contribution < -0.4 is 4.90 Å². The average Bonchev–Trinajstić information content (AvgIpc) is 3.51. The highest BCUT2D eigenvalue weighted by atomic mass is 32.2. The van der Waals surface area contributed by atoms with Crippen molar-refractivity contribution in [3.8, 4) is 5.75 Å². The van der Waals surface area contributed by atoms with E-state index in [4.69, 9.17) is 9.59 Å². The zero-order chi connectivity index (χ0) is 46.6. The van der Waals surface area contributed by atoms with Crippen LogP contribution in [0.1, 0.15) is 70.4 Å². The van der Waals surface area contributed by atoms with Crippen LogP contribution >= 0.6 is 0 Å². The van der Waals surface area contributed by atoms with Gasteiger partial charge in [-0.3, -0.25) is 23.2 Å². The predicted octanol–water partition coefficient (Wildman–Crippen LogP) is 4.63. The number of carbonyl (C=O) groups is 4. The van der Waals surface area contributed by atoms with Gasteiger partial charge in [-0.2, -0.15) is 29.8 Å². The van der Waals surface area contributed by atoms with Gasteiger partial charge in [-0.15, -0.1) is 0 Å². The molecule has 2 heterocycles. The summed E-state index contributed by atoms with van der Waals surface area (Å²) in [5.74, 6) is -3.26. The molecule has 0 aromatic heterocycles. The van der Waals surface area contributed by atoms with E-state index in [0.717, 1.165) is 0 Å². The number of rotatable bonds is 19. The lowest BCUT2D eigenvalue weighted by Gasteiger charge is -2.29. The van der Waals surface area contributed by atoms with E-state index in [1.165, 1.54) is 30.3 Å². The number of carbonyl (C=O) groups excluding carboxylic acids is 2. The van der Waals surface area contributed by atoms with Gasteiger partial charge in [0, 0.05) is 47.5 Å². The normalized spacial score (nSPS) is 19.7. The Balaban J connectivity index is 0.00000311. The first kappa shape index (κ1) is 51.8. The largest absolute Gasteiger partial charge is 0.508 e. The molecule has 0 saturated heterocycles. The number of phenolic OH excluding ortho intramolecular Hbond substituents is 1. The first-order chi connectivity index (χ1) is 28.4. The Hall–Kier alpha value is -5.32. The topological polar surface area (TPSA) is 298 Å². The second-order valence-electron chi connectivity index (χ2n) is 14.5. The van der Waals surface area contributed by atoms with Crippen LogP contribution in [0.5, 0.6) is 5.75 Å². The van der Waals surface area contributed by atoms with Crippen LogP contribution in [-0.2, 0) is 60.4 Å². The van der Waals surface area contributed by atoms with Crippen LogP contribution in [0.2, 0.25) is 0 Å². The number of fused-ring (bicyclic) bond motifs is 2. The Morgan fingerprint density at radius 2 is 1.34 bits per heavy atom. The van der Waals surface area contributed by atoms with E-state index in [2.05, 4.69) is 0 Å². The highest BCUT2D eigenvalue weighted by Gasteiger charge is 2.49. The van der Waals surface area contributed by atoms with Crippen molar-refractivity contribution in [1.29, 1.82) is 0 Å². The SMILES string of the molecule is C=O.C=O.CC(/C=C/C=C1/N(CCCCS(=O)(=O)O)c2ccc(S(=O)(=O)O)cc2C1(C)CC(=O)O)=C\C=C\C1=[N+](CCCCS(=O)(=O)O)c2ccc(O)cc2C1(C)CC(=O)O. The maximum atomic E-state index is 12.2. The van der Waals surface area contributed by atoms with Crippen molar-refractivity contribution in [2.24, 2.45) is 0 Å². The van der Waals surface area contributed by atoms with E-state index >= 15 is 0 Å². The summed E-state index contributed by atoms with van der Waals surface area (Å²) in [6, 6.07) is 8.48. The molecule has 2 aromatic carbocycles. The molecule has 0 spiro atoms. The fraction of sp³-hybridized carbons (Fsp3) is 0.375. The molecular weight excluding hydrogens is 861 g/mol. The van der Waals surface area contributed by atoms with E-state index < -0.39 is 75.9 Å². The minimum Gasteiger partial charge on any atom is -0.508 e. The van der Waals surface area contributed by atoms with Crippen molar-refractivity contribution in [3.63, 3.8) is 0 Å². The third kappa shape index (κ3) is 13.8. The van der Waals surface area contributed by atoms with Crippen molar-refractivity contribution >= 4 is 73.0 Å². The van der Waals surface area contributed by atoms with Crippen LogP contribution in [0.15, 0.2) is 89.0 Å². The van der Waals surface area contributed by atoms with Gasteiger partial charge >= 0.3 is 11.9 Å². The average molecular weight is 912 g/mol. The van der Waals surface area contributed by atoms with Gasteiger partial charge in [-0.1, -0.05) is 29.9 Å². The molecule has 2 atom stereocenters. The highest BCUT2D eigenvalue weighted by molar-refractivity contribution is 7.86. The third-order valence-electron chi connectivity index (χ3n) is 10.0. The summed E-state index contributed by atoms with van der Waals surface area (Å²) in [5.41, 5.74) is 1.33. The summed E-state index contributed by atoms with van der Waals surface area (Å²) >= 11 is 0. The summed E-state index contributed by atoms with van der Waals surface area (Å²) in [6.07, 6.45) is 10.3. The van der Waals surface area contributed by atoms with Gasteiger partial charge in [0.1, 0.15) is 25.9 Å². The van der Waals surface area contributed by atoms with Crippen molar-refractivity contribution in [2.45, 2.75) is 75.0 Å². The van der Waals surface area contributed by atoms with Crippen molar-refractivity contribution in [1.82, 2.24) is 0 Å². The van der Waals surface area contributed by atoms with Crippen LogP contribution in [0.25, 0.3) is 0 Å². The number of nitrogens with zero attached hydrogens (tertiary/aromatic N) is 2. The Bertz CT molecular complexity index is 2450. The molecular formula is C40H51N2O16S3+. The molecule has 2 aliphatic heterocycles. The maximum absolute atomic E-state index is 12.2. The first-order valence-electron chi connectivity index (χ1n) is 18.4. The summed E-state index contributed by atoms with van der Waals surface area (Å²) in [4.78, 5) is 41.6. The minimum atomic E-state index is -4.65. The molecule has 2 unspecified atom stereocenters. The molecule has 0 fully saturated rings. The predicted molar refractivity (Wildman–Crippen MR) is 226 cm³/mol. The maximum Gasteiger partial charge on any atom is 0.304 e. The monoisotopic (exact) mass is 911 g/mol. The fourth-order valence-corrected chi connectivity index (χ4v) is 9.08. The molecule has 0 saturated carbocycles. The van der Waals surface area contributed by atoms with E-state index in [-0.39, 0.29) is 44.5 Å². The molecule has 61 heavy (non-hydrogen) atoms. The Morgan fingerprint density at radius 1 is 0.770 bits per heavy atom. The summed E-state index contributed by atoms with van der Waals surface area (Å²) in [7, 11) is -13.1. The summed E-state index contributed by atoms with van der Waals surface area (Å²) in [6.45, 7) is 9.60. The minimum absolute atomic E-state index is 0.0581. The highest BCUT2D eigenvalue weighted by Crippen LogP contribution is 2.51. The van der Waals surface area contributed by atoms with Crippen LogP contribution in [-0.4, -0.2) is 115 Å². The smallest absolute Gasteiger partial charge is 0.304 e. The Labute approximate surface area is 355 Å². The van der Waals surface area contributed by atoms with Gasteiger partial charge in [0.25, 0.3) is 30.4 Å². The van der Waals surface area contributed by atoms with Crippen LogP contribution in [0.4, 0.5) is 11.4 Å². The molecule has 2 aromatic rings. The summed E-state index contributed by atoms with van der Waals surface area (Å²) in [5, 5.41) is 30.2. The van der Waals surface area contributed by atoms with Gasteiger partial charge in [-0.05, 0) is 82.0 Å². The Morgan fingerprint density at radius 3 is 1.90 bits per heavy atom. The number of anilines is 1. The third-order valence-corrected chi connectivity index (χ3v) is 12.5. The van der Waals surface area contributed by atoms with E-state index in [1.807, 2.05) is 18.2 Å². The van der Waals surface area contributed by atoms with Gasteiger partial charge in [0.2, 0.25) is 5.69 Å². The van der Waals surface area contributed by atoms with Crippen molar-refractivity contribution < 1.29 is 78.0 Å². The molecule has 0 amide bonds. The van der Waals surface area contributed by atoms with Crippen LogP contribution in [0, 0.1) is 0 Å². The van der Waals surface area contributed by atoms with E-state index in [1.54, 1.807) is 68.2 Å². The van der Waals surface area contributed by atoms with Crippen molar-refractivity contribution in [3.05, 3.63) is 95.3 Å². The fourth-order valence-electron chi connectivity index (χ4n) is 7.44. The molecule has 0 bridgehead atoms. The number of carboxylic acids is 2. The van der Waals surface area contributed by atoms with Gasteiger partial charge in [-0.25, -0.2) is 0 Å². The first-order valence-corrected chi connectivity index (χ1v) is 23.0. The lowest BCUT2D eigenvalue weighted by Crippen LogP contribution is -2.34. The lowest BCUT2D eigenvalue weighted by atomic mass is 9.76. The molecule has 21 heteroatoms. The quantitative estimate of drug-likeness (QED) is 0.0484. The van der Waals surface area contributed by atoms with E-state index in [9.17, 15) is 63.8 Å². The Kier molecular flexibility index (Phi) is 18.2. The second kappa shape index (κ2) is 21.5. The number of carboxylic acid groups (broad SMARTS) is 2. The van der Waals surface area contributed by atoms with E-state index in [0.29, 0.717) is 45.9 Å². The zero-order valence-electron chi connectivity index (χ0n) is 33.8. The van der Waals surface area contributed by atoms with Crippen LogP contribution in [0.3, 0.4) is 0 Å². The number of hydrogen-bond donors (Lipinski definition) is 6. The lowest BCUT2D eigenvalue weighted by molar-refractivity contribution is -0.438. The number of hydrogen-bond acceptors (Lipinski definition) is 12. The van der Waals surface area contributed by atoms with Crippen molar-refractivity contribution in [2.75, 3.05) is 29.5 Å². The molecule has 4 rings (SSSR count).